The normalized spacial score (nSPS) is 19.1. The van der Waals surface area contributed by atoms with E-state index >= 15 is 0 Å². The van der Waals surface area contributed by atoms with Crippen LogP contribution in [0.5, 0.6) is 0 Å². The van der Waals surface area contributed by atoms with E-state index in [1.807, 2.05) is 27.0 Å². The summed E-state index contributed by atoms with van der Waals surface area (Å²) < 4.78 is 5.74. The summed E-state index contributed by atoms with van der Waals surface area (Å²) in [5, 5.41) is 3.62. The van der Waals surface area contributed by atoms with Crippen molar-refractivity contribution >= 4 is 11.9 Å². The zero-order valence-electron chi connectivity index (χ0n) is 18.9. The van der Waals surface area contributed by atoms with Gasteiger partial charge in [0.05, 0.1) is 12.2 Å². The molecule has 2 saturated heterocycles. The largest absolute Gasteiger partial charge is 0.444 e. The smallest absolute Gasteiger partial charge is 0.225 e. The van der Waals surface area contributed by atoms with Gasteiger partial charge in [0, 0.05) is 52.2 Å². The summed E-state index contributed by atoms with van der Waals surface area (Å²) in [5.41, 5.74) is 0.998. The Morgan fingerprint density at radius 1 is 1.10 bits per heavy atom. The number of aryl methyl sites for hydroxylation is 2. The molecule has 4 rings (SSSR count). The first kappa shape index (κ1) is 21.5. The highest BCUT2D eigenvalue weighted by Gasteiger charge is 2.24. The van der Waals surface area contributed by atoms with Gasteiger partial charge in [-0.05, 0) is 51.8 Å². The maximum absolute atomic E-state index is 5.74. The average Bonchev–Trinajstić information content (AvgIpc) is 3.13. The molecule has 9 heteroatoms. The van der Waals surface area contributed by atoms with Gasteiger partial charge in [-0.2, -0.15) is 0 Å². The van der Waals surface area contributed by atoms with Gasteiger partial charge in [-0.15, -0.1) is 0 Å². The number of rotatable bonds is 5. The lowest BCUT2D eigenvalue weighted by atomic mass is 9.97. The zero-order chi connectivity index (χ0) is 21.6. The van der Waals surface area contributed by atoms with Crippen LogP contribution in [0.3, 0.4) is 0 Å². The van der Waals surface area contributed by atoms with Crippen molar-refractivity contribution < 1.29 is 4.42 Å². The molecule has 2 aromatic heterocycles. The molecule has 1 N–H and O–H groups in total. The van der Waals surface area contributed by atoms with E-state index in [4.69, 9.17) is 4.42 Å². The second kappa shape index (κ2) is 10.1. The molecule has 2 aliphatic rings. The van der Waals surface area contributed by atoms with Crippen molar-refractivity contribution in [2.24, 2.45) is 10.9 Å². The van der Waals surface area contributed by atoms with Crippen LogP contribution in [0.1, 0.15) is 30.2 Å². The Balaban J connectivity index is 1.18. The number of aliphatic imine (C=N–C) groups is 1. The van der Waals surface area contributed by atoms with Crippen LogP contribution in [0.4, 0.5) is 5.95 Å². The third kappa shape index (κ3) is 5.52. The molecule has 0 radical (unpaired) electrons. The van der Waals surface area contributed by atoms with E-state index in [-0.39, 0.29) is 0 Å². The fourth-order valence-corrected chi connectivity index (χ4v) is 4.29. The van der Waals surface area contributed by atoms with Crippen molar-refractivity contribution in [2.75, 3.05) is 57.8 Å². The van der Waals surface area contributed by atoms with Crippen LogP contribution in [0.25, 0.3) is 0 Å². The Morgan fingerprint density at radius 3 is 2.42 bits per heavy atom. The van der Waals surface area contributed by atoms with Gasteiger partial charge >= 0.3 is 0 Å². The first-order chi connectivity index (χ1) is 15.1. The van der Waals surface area contributed by atoms with Crippen molar-refractivity contribution in [3.05, 3.63) is 35.8 Å². The number of aromatic nitrogens is 3. The van der Waals surface area contributed by atoms with Crippen LogP contribution < -0.4 is 10.2 Å². The summed E-state index contributed by atoms with van der Waals surface area (Å²) in [6, 6.07) is 1.85. The first-order valence-corrected chi connectivity index (χ1v) is 11.2. The van der Waals surface area contributed by atoms with Gasteiger partial charge in [-0.1, -0.05) is 0 Å². The van der Waals surface area contributed by atoms with Gasteiger partial charge in [0.1, 0.15) is 5.76 Å². The summed E-state index contributed by atoms with van der Waals surface area (Å²) in [6.07, 6.45) is 5.96. The van der Waals surface area contributed by atoms with Crippen molar-refractivity contribution in [2.45, 2.75) is 33.2 Å². The van der Waals surface area contributed by atoms with E-state index in [0.717, 1.165) is 81.6 Å². The molecule has 0 amide bonds. The molecule has 2 fully saturated rings. The summed E-state index contributed by atoms with van der Waals surface area (Å²) >= 11 is 0. The number of piperidine rings is 1. The third-order valence-corrected chi connectivity index (χ3v) is 6.31. The van der Waals surface area contributed by atoms with Crippen LogP contribution in [-0.2, 0) is 6.54 Å². The quantitative estimate of drug-likeness (QED) is 0.571. The highest BCUT2D eigenvalue weighted by Crippen LogP contribution is 2.19. The van der Waals surface area contributed by atoms with Crippen LogP contribution in [0.2, 0.25) is 0 Å². The number of hydrogen-bond acceptors (Lipinski definition) is 7. The summed E-state index contributed by atoms with van der Waals surface area (Å²) in [5.74, 6) is 4.25. The Bertz CT molecular complexity index is 832. The number of nitrogens with zero attached hydrogens (tertiary/aromatic N) is 7. The van der Waals surface area contributed by atoms with Gasteiger partial charge in [0.15, 0.2) is 5.96 Å². The SMILES string of the molecule is CN=C(NCC1CCN(Cc2nc(C)c(C)o2)CC1)N1CCN(c2ncccn2)CC1. The van der Waals surface area contributed by atoms with Gasteiger partial charge in [-0.3, -0.25) is 9.89 Å². The maximum Gasteiger partial charge on any atom is 0.225 e. The molecular weight excluding hydrogens is 392 g/mol. The molecule has 0 spiro atoms. The second-order valence-electron chi connectivity index (χ2n) is 8.42. The Labute approximate surface area is 184 Å². The lowest BCUT2D eigenvalue weighted by molar-refractivity contribution is 0.163. The minimum absolute atomic E-state index is 0.667. The molecule has 4 heterocycles. The summed E-state index contributed by atoms with van der Waals surface area (Å²) in [7, 11) is 1.87. The van der Waals surface area contributed by atoms with E-state index in [0.29, 0.717) is 5.92 Å². The topological polar surface area (TPSA) is 85.9 Å². The fourth-order valence-electron chi connectivity index (χ4n) is 4.29. The Kier molecular flexibility index (Phi) is 7.01. The molecule has 168 valence electrons. The molecule has 0 bridgehead atoms. The fraction of sp³-hybridized carbons (Fsp3) is 0.636. The third-order valence-electron chi connectivity index (χ3n) is 6.31. The highest BCUT2D eigenvalue weighted by molar-refractivity contribution is 5.80. The van der Waals surface area contributed by atoms with Gasteiger partial charge in [0.25, 0.3) is 0 Å². The molecule has 31 heavy (non-hydrogen) atoms. The monoisotopic (exact) mass is 426 g/mol. The molecule has 0 atom stereocenters. The molecule has 0 aliphatic carbocycles. The van der Waals surface area contributed by atoms with E-state index < -0.39 is 0 Å². The van der Waals surface area contributed by atoms with Crippen LogP contribution in [0.15, 0.2) is 27.9 Å². The number of nitrogens with one attached hydrogen (secondary N) is 1. The lowest BCUT2D eigenvalue weighted by Gasteiger charge is -2.37. The van der Waals surface area contributed by atoms with Crippen LogP contribution in [-0.4, -0.2) is 83.6 Å². The highest BCUT2D eigenvalue weighted by atomic mass is 16.4. The van der Waals surface area contributed by atoms with Crippen molar-refractivity contribution in [1.82, 2.24) is 30.1 Å². The maximum atomic E-state index is 5.74. The predicted octanol–water partition coefficient (Wildman–Crippen LogP) is 1.69. The molecule has 2 aliphatic heterocycles. The molecule has 0 unspecified atom stereocenters. The summed E-state index contributed by atoms with van der Waals surface area (Å²) in [4.78, 5) is 24.8. The predicted molar refractivity (Wildman–Crippen MR) is 121 cm³/mol. The number of piperazine rings is 1. The van der Waals surface area contributed by atoms with Crippen molar-refractivity contribution in [3.63, 3.8) is 0 Å². The van der Waals surface area contributed by atoms with E-state index in [1.54, 1.807) is 12.4 Å². The zero-order valence-corrected chi connectivity index (χ0v) is 18.9. The first-order valence-electron chi connectivity index (χ1n) is 11.2. The van der Waals surface area contributed by atoms with Crippen molar-refractivity contribution in [3.8, 4) is 0 Å². The molecule has 0 aromatic carbocycles. The number of anilines is 1. The van der Waals surface area contributed by atoms with E-state index in [1.165, 1.54) is 12.8 Å². The van der Waals surface area contributed by atoms with Crippen LogP contribution in [0, 0.1) is 19.8 Å². The van der Waals surface area contributed by atoms with E-state index in [9.17, 15) is 0 Å². The standard InChI is InChI=1S/C22H34N8O/c1-17-18(2)31-20(27-17)16-28-9-5-19(6-10-28)15-26-21(23-3)29-11-13-30(14-12-29)22-24-7-4-8-25-22/h4,7-8,19H,5-6,9-16H2,1-3H3,(H,23,26). The van der Waals surface area contributed by atoms with Gasteiger partial charge in [0.2, 0.25) is 11.8 Å². The lowest BCUT2D eigenvalue weighted by Crippen LogP contribution is -2.53. The van der Waals surface area contributed by atoms with Crippen LogP contribution >= 0.6 is 0 Å². The number of hydrogen-bond donors (Lipinski definition) is 1. The van der Waals surface area contributed by atoms with Crippen molar-refractivity contribution in [1.29, 1.82) is 0 Å². The van der Waals surface area contributed by atoms with E-state index in [2.05, 4.69) is 40.0 Å². The Morgan fingerprint density at radius 2 is 1.81 bits per heavy atom. The number of oxazole rings is 1. The molecule has 9 nitrogen and oxygen atoms in total. The minimum atomic E-state index is 0.667. The van der Waals surface area contributed by atoms with Gasteiger partial charge < -0.3 is 19.5 Å². The number of likely N-dealkylation sites (tertiary alicyclic amines) is 1. The second-order valence-corrected chi connectivity index (χ2v) is 8.42. The van der Waals surface area contributed by atoms with Gasteiger partial charge in [-0.25, -0.2) is 15.0 Å². The number of guanidine groups is 1. The molecule has 0 saturated carbocycles. The summed E-state index contributed by atoms with van der Waals surface area (Å²) in [6.45, 7) is 11.6. The minimum Gasteiger partial charge on any atom is -0.444 e. The average molecular weight is 427 g/mol. The molecule has 2 aromatic rings. The Hall–Kier alpha value is -2.68. The molecular formula is C22H34N8O.